The quantitative estimate of drug-likeness (QED) is 0.525. The molecule has 0 saturated heterocycles. The van der Waals surface area contributed by atoms with E-state index in [1.54, 1.807) is 24.3 Å². The van der Waals surface area contributed by atoms with E-state index < -0.39 is 10.0 Å². The number of rotatable bonds is 4. The summed E-state index contributed by atoms with van der Waals surface area (Å²) in [6.45, 7) is 1.86. The zero-order chi connectivity index (χ0) is 19.7. The Morgan fingerprint density at radius 3 is 2.46 bits per heavy atom. The highest BCUT2D eigenvalue weighted by Gasteiger charge is 2.25. The van der Waals surface area contributed by atoms with Crippen LogP contribution < -0.4 is 0 Å². The van der Waals surface area contributed by atoms with Crippen LogP contribution >= 0.6 is 0 Å². The minimum absolute atomic E-state index is 0.0586. The highest BCUT2D eigenvalue weighted by Crippen LogP contribution is 2.30. The largest absolute Gasteiger partial charge is 0.352 e. The molecule has 0 spiro atoms. The Kier molecular flexibility index (Phi) is 4.25. The predicted octanol–water partition coefficient (Wildman–Crippen LogP) is 3.02. The fourth-order valence-corrected chi connectivity index (χ4v) is 3.67. The zero-order valence-corrected chi connectivity index (χ0v) is 15.5. The fourth-order valence-electron chi connectivity index (χ4n) is 2.63. The van der Waals surface area contributed by atoms with Gasteiger partial charge in [-0.1, -0.05) is 57.4 Å². The molecule has 0 aliphatic heterocycles. The van der Waals surface area contributed by atoms with Crippen molar-refractivity contribution in [2.24, 2.45) is 0 Å². The summed E-state index contributed by atoms with van der Waals surface area (Å²) in [7, 11) is -3.96. The minimum atomic E-state index is -3.96. The Balaban J connectivity index is 1.76. The second kappa shape index (κ2) is 6.75. The highest BCUT2D eigenvalue weighted by atomic mass is 32.2. The summed E-state index contributed by atoms with van der Waals surface area (Å²) < 4.78 is 31.3. The average Bonchev–Trinajstić information content (AvgIpc) is 3.36. The van der Waals surface area contributed by atoms with Gasteiger partial charge in [0.2, 0.25) is 5.76 Å². The van der Waals surface area contributed by atoms with Crippen molar-refractivity contribution in [1.29, 1.82) is 5.26 Å². The van der Waals surface area contributed by atoms with Crippen molar-refractivity contribution in [2.75, 3.05) is 0 Å². The maximum atomic E-state index is 12.7. The van der Waals surface area contributed by atoms with E-state index in [2.05, 4.69) is 15.4 Å². The number of hydrogen-bond acceptors (Lipinski definition) is 7. The molecular weight excluding hydrogens is 378 g/mol. The molecule has 0 atom stereocenters. The van der Waals surface area contributed by atoms with Crippen molar-refractivity contribution in [3.63, 3.8) is 0 Å². The summed E-state index contributed by atoms with van der Waals surface area (Å²) >= 11 is 0. The van der Waals surface area contributed by atoms with Gasteiger partial charge >= 0.3 is 0 Å². The van der Waals surface area contributed by atoms with Crippen LogP contribution in [0.15, 0.2) is 70.2 Å². The number of aromatic nitrogens is 4. The Hall–Kier alpha value is -3.77. The van der Waals surface area contributed by atoms with E-state index in [-0.39, 0.29) is 21.9 Å². The molecule has 2 heterocycles. The van der Waals surface area contributed by atoms with E-state index in [0.29, 0.717) is 15.5 Å². The lowest BCUT2D eigenvalue weighted by Crippen LogP contribution is -2.16. The van der Waals surface area contributed by atoms with Crippen molar-refractivity contribution in [3.05, 3.63) is 71.9 Å². The second-order valence-corrected chi connectivity index (χ2v) is 7.73. The van der Waals surface area contributed by atoms with E-state index >= 15 is 0 Å². The van der Waals surface area contributed by atoms with Gasteiger partial charge in [-0.2, -0.15) is 13.7 Å². The maximum absolute atomic E-state index is 12.7. The van der Waals surface area contributed by atoms with Gasteiger partial charge in [0.05, 0.1) is 11.1 Å². The lowest BCUT2D eigenvalue weighted by atomic mass is 10.1. The minimum Gasteiger partial charge on any atom is -0.352 e. The second-order valence-electron chi connectivity index (χ2n) is 5.98. The number of nitrogens with zero attached hydrogens (tertiary/aromatic N) is 5. The molecule has 8 nitrogen and oxygen atoms in total. The molecule has 28 heavy (non-hydrogen) atoms. The average molecular weight is 391 g/mol. The summed E-state index contributed by atoms with van der Waals surface area (Å²) in [6.07, 6.45) is 1.22. The third kappa shape index (κ3) is 2.95. The van der Waals surface area contributed by atoms with E-state index in [1.165, 1.54) is 18.3 Å². The standard InChI is InChI=1S/C19H13N5O3S/c1-13-7-9-15(10-8-13)28(25,26)24-21-12-17(22-24)19-16(11-20)18(23-27-19)14-5-3-2-4-6-14/h2-10,12H,1H3. The summed E-state index contributed by atoms with van der Waals surface area (Å²) in [5, 5.41) is 21.3. The van der Waals surface area contributed by atoms with Gasteiger partial charge in [0.25, 0.3) is 10.0 Å². The van der Waals surface area contributed by atoms with Gasteiger partial charge in [-0.15, -0.1) is 10.2 Å². The Morgan fingerprint density at radius 2 is 1.79 bits per heavy atom. The van der Waals surface area contributed by atoms with Crippen molar-refractivity contribution >= 4 is 10.0 Å². The lowest BCUT2D eigenvalue weighted by Gasteiger charge is -2.02. The molecule has 4 rings (SSSR count). The molecule has 9 heteroatoms. The van der Waals surface area contributed by atoms with Crippen LogP contribution in [-0.2, 0) is 10.0 Å². The molecule has 4 aromatic rings. The summed E-state index contributed by atoms with van der Waals surface area (Å²) in [6, 6.07) is 17.4. The van der Waals surface area contributed by atoms with Gasteiger partial charge in [-0.25, -0.2) is 0 Å². The van der Waals surface area contributed by atoms with Crippen molar-refractivity contribution in [2.45, 2.75) is 11.8 Å². The van der Waals surface area contributed by atoms with Crippen molar-refractivity contribution in [3.8, 4) is 28.8 Å². The number of aryl methyl sites for hydroxylation is 1. The van der Waals surface area contributed by atoms with Crippen LogP contribution in [0.25, 0.3) is 22.7 Å². The van der Waals surface area contributed by atoms with Crippen molar-refractivity contribution in [1.82, 2.24) is 19.6 Å². The molecule has 138 valence electrons. The van der Waals surface area contributed by atoms with Gasteiger partial charge in [-0.05, 0) is 19.1 Å². The smallest absolute Gasteiger partial charge is 0.299 e. The predicted molar refractivity (Wildman–Crippen MR) is 99.4 cm³/mol. The first-order valence-electron chi connectivity index (χ1n) is 8.21. The summed E-state index contributed by atoms with van der Waals surface area (Å²) in [4.78, 5) is 0.0586. The zero-order valence-electron chi connectivity index (χ0n) is 14.6. The SMILES string of the molecule is Cc1ccc(S(=O)(=O)n2ncc(-c3onc(-c4ccccc4)c3C#N)n2)cc1. The van der Waals surface area contributed by atoms with Gasteiger partial charge in [0.1, 0.15) is 17.3 Å². The van der Waals surface area contributed by atoms with Gasteiger partial charge in [-0.3, -0.25) is 0 Å². The molecule has 0 bridgehead atoms. The van der Waals surface area contributed by atoms with Crippen LogP contribution in [0.1, 0.15) is 11.1 Å². The first kappa shape index (κ1) is 17.6. The topological polar surface area (TPSA) is 115 Å². The van der Waals surface area contributed by atoms with Crippen molar-refractivity contribution < 1.29 is 12.9 Å². The Morgan fingerprint density at radius 1 is 1.07 bits per heavy atom. The van der Waals surface area contributed by atoms with Gasteiger partial charge in [0.15, 0.2) is 5.69 Å². The molecule has 0 aliphatic rings. The van der Waals surface area contributed by atoms with Gasteiger partial charge < -0.3 is 4.52 Å². The highest BCUT2D eigenvalue weighted by molar-refractivity contribution is 7.89. The molecule has 0 saturated carbocycles. The first-order valence-corrected chi connectivity index (χ1v) is 9.65. The van der Waals surface area contributed by atoms with E-state index in [0.717, 1.165) is 5.56 Å². The van der Waals surface area contributed by atoms with E-state index in [9.17, 15) is 13.7 Å². The van der Waals surface area contributed by atoms with E-state index in [1.807, 2.05) is 31.2 Å². The maximum Gasteiger partial charge on any atom is 0.299 e. The van der Waals surface area contributed by atoms with Crippen LogP contribution in [0.4, 0.5) is 0 Å². The van der Waals surface area contributed by atoms with Crippen LogP contribution in [0.3, 0.4) is 0 Å². The molecular formula is C19H13N5O3S. The van der Waals surface area contributed by atoms with Crippen LogP contribution in [0.2, 0.25) is 0 Å². The molecule has 0 fully saturated rings. The number of benzene rings is 2. The van der Waals surface area contributed by atoms with Crippen LogP contribution in [0.5, 0.6) is 0 Å². The lowest BCUT2D eigenvalue weighted by molar-refractivity contribution is 0.433. The third-order valence-electron chi connectivity index (χ3n) is 4.09. The third-order valence-corrected chi connectivity index (χ3v) is 5.56. The Labute approximate surface area is 160 Å². The van der Waals surface area contributed by atoms with Crippen LogP contribution in [-0.4, -0.2) is 28.0 Å². The molecule has 0 amide bonds. The monoisotopic (exact) mass is 391 g/mol. The molecule has 2 aromatic heterocycles. The normalized spacial score (nSPS) is 11.3. The molecule has 0 unspecified atom stereocenters. The molecule has 0 aliphatic carbocycles. The first-order chi connectivity index (χ1) is 13.5. The molecule has 0 radical (unpaired) electrons. The summed E-state index contributed by atoms with van der Waals surface area (Å²) in [5.74, 6) is 0.0618. The molecule has 0 N–H and O–H groups in total. The molecule has 2 aromatic carbocycles. The summed E-state index contributed by atoms with van der Waals surface area (Å²) in [5.41, 5.74) is 2.25. The Bertz CT molecular complexity index is 1280. The van der Waals surface area contributed by atoms with Crippen LogP contribution in [0, 0.1) is 18.3 Å². The van der Waals surface area contributed by atoms with E-state index in [4.69, 9.17) is 4.52 Å². The number of nitriles is 1. The fraction of sp³-hybridized carbons (Fsp3) is 0.0526. The van der Waals surface area contributed by atoms with Gasteiger partial charge in [0, 0.05) is 5.56 Å². The number of hydrogen-bond donors (Lipinski definition) is 0.